The van der Waals surface area contributed by atoms with Crippen molar-refractivity contribution < 1.29 is 4.74 Å². The Morgan fingerprint density at radius 3 is 2.68 bits per heavy atom. The number of hydrogen-bond acceptors (Lipinski definition) is 4. The Kier molecular flexibility index (Phi) is 5.18. The summed E-state index contributed by atoms with van der Waals surface area (Å²) in [6.45, 7) is 3.94. The third-order valence-electron chi connectivity index (χ3n) is 5.50. The van der Waals surface area contributed by atoms with E-state index in [1.54, 1.807) is 7.11 Å². The van der Waals surface area contributed by atoms with Crippen LogP contribution in [0, 0.1) is 12.8 Å². The Balaban J connectivity index is 1.77. The highest BCUT2D eigenvalue weighted by molar-refractivity contribution is 6.09. The van der Waals surface area contributed by atoms with Crippen molar-refractivity contribution in [2.45, 2.75) is 19.3 Å². The molecule has 0 radical (unpaired) electrons. The molecule has 2 aliphatic rings. The molecule has 28 heavy (non-hydrogen) atoms. The van der Waals surface area contributed by atoms with Gasteiger partial charge in [0.1, 0.15) is 11.6 Å². The summed E-state index contributed by atoms with van der Waals surface area (Å²) in [5.41, 5.74) is 3.21. The molecular formula is C23H28N4O. The summed E-state index contributed by atoms with van der Waals surface area (Å²) in [5, 5.41) is 5.93. The van der Waals surface area contributed by atoms with Crippen LogP contribution in [0.1, 0.15) is 23.7 Å². The van der Waals surface area contributed by atoms with Crippen molar-refractivity contribution in [2.24, 2.45) is 10.9 Å². The number of allylic oxidation sites excluding steroid dienone is 3. The smallest absolute Gasteiger partial charge is 0.119 e. The molecule has 1 aromatic carbocycles. The summed E-state index contributed by atoms with van der Waals surface area (Å²) < 4.78 is 5.42. The third-order valence-corrected chi connectivity index (χ3v) is 5.50. The summed E-state index contributed by atoms with van der Waals surface area (Å²) in [6, 6.07) is 6.21. The van der Waals surface area contributed by atoms with Gasteiger partial charge in [0.05, 0.1) is 18.5 Å². The van der Waals surface area contributed by atoms with Gasteiger partial charge in [0.15, 0.2) is 0 Å². The lowest BCUT2D eigenvalue weighted by Crippen LogP contribution is -2.34. The van der Waals surface area contributed by atoms with E-state index in [0.29, 0.717) is 0 Å². The first kappa shape index (κ1) is 18.7. The number of pyridine rings is 1. The van der Waals surface area contributed by atoms with E-state index in [1.165, 1.54) is 5.39 Å². The van der Waals surface area contributed by atoms with Crippen molar-refractivity contribution in [3.63, 3.8) is 0 Å². The molecule has 5 heteroatoms. The minimum absolute atomic E-state index is 0.221. The van der Waals surface area contributed by atoms with Crippen LogP contribution in [0.5, 0.6) is 5.75 Å². The van der Waals surface area contributed by atoms with E-state index in [2.05, 4.69) is 67.7 Å². The van der Waals surface area contributed by atoms with Crippen LogP contribution >= 0.6 is 0 Å². The summed E-state index contributed by atoms with van der Waals surface area (Å²) >= 11 is 0. The molecule has 2 heterocycles. The summed E-state index contributed by atoms with van der Waals surface area (Å²) in [4.78, 5) is 12.1. The number of fused-ring (bicyclic) bond motifs is 5. The molecule has 0 fully saturated rings. The summed E-state index contributed by atoms with van der Waals surface area (Å²) in [7, 11) is 5.89. The lowest BCUT2D eigenvalue weighted by molar-refractivity contribution is 0.403. The molecule has 1 aliphatic heterocycles. The average molecular weight is 377 g/mol. The number of amidine groups is 1. The third kappa shape index (κ3) is 3.42. The zero-order valence-corrected chi connectivity index (χ0v) is 17.1. The van der Waals surface area contributed by atoms with Crippen molar-refractivity contribution in [2.75, 3.05) is 39.6 Å². The van der Waals surface area contributed by atoms with Crippen LogP contribution in [-0.4, -0.2) is 50.0 Å². The van der Waals surface area contributed by atoms with Crippen LogP contribution in [-0.2, 0) is 0 Å². The van der Waals surface area contributed by atoms with Gasteiger partial charge in [0.2, 0.25) is 0 Å². The van der Waals surface area contributed by atoms with Crippen molar-refractivity contribution >= 4 is 22.3 Å². The van der Waals surface area contributed by atoms with Crippen molar-refractivity contribution in [1.29, 1.82) is 0 Å². The summed E-state index contributed by atoms with van der Waals surface area (Å²) in [5.74, 6) is 2.34. The Bertz CT molecular complexity index is 974. The van der Waals surface area contributed by atoms with Crippen LogP contribution < -0.4 is 10.1 Å². The number of aliphatic imine (C=N–C) groups is 1. The number of rotatable bonds is 5. The van der Waals surface area contributed by atoms with Gasteiger partial charge in [-0.3, -0.25) is 9.98 Å². The number of aromatic nitrogens is 1. The van der Waals surface area contributed by atoms with Crippen LogP contribution in [0.2, 0.25) is 0 Å². The maximum Gasteiger partial charge on any atom is 0.119 e. The van der Waals surface area contributed by atoms with Crippen molar-refractivity contribution in [3.8, 4) is 5.75 Å². The van der Waals surface area contributed by atoms with Gasteiger partial charge in [-0.25, -0.2) is 0 Å². The molecular weight excluding hydrogens is 348 g/mol. The van der Waals surface area contributed by atoms with Crippen LogP contribution in [0.25, 0.3) is 10.8 Å². The molecule has 2 atom stereocenters. The molecule has 0 saturated carbocycles. The van der Waals surface area contributed by atoms with E-state index in [9.17, 15) is 0 Å². The van der Waals surface area contributed by atoms with E-state index in [-0.39, 0.29) is 11.8 Å². The maximum absolute atomic E-state index is 5.42. The topological polar surface area (TPSA) is 49.8 Å². The van der Waals surface area contributed by atoms with E-state index in [4.69, 9.17) is 14.7 Å². The van der Waals surface area contributed by atoms with E-state index < -0.39 is 0 Å². The van der Waals surface area contributed by atoms with Gasteiger partial charge in [0, 0.05) is 34.8 Å². The van der Waals surface area contributed by atoms with Gasteiger partial charge in [-0.05, 0) is 52.2 Å². The number of benzene rings is 1. The highest BCUT2D eigenvalue weighted by Gasteiger charge is 2.34. The monoisotopic (exact) mass is 376 g/mol. The Morgan fingerprint density at radius 2 is 1.93 bits per heavy atom. The summed E-state index contributed by atoms with van der Waals surface area (Å²) in [6.07, 6.45) is 9.77. The Hall–Kier alpha value is -2.66. The average Bonchev–Trinajstić information content (AvgIpc) is 2.71. The lowest BCUT2D eigenvalue weighted by atomic mass is 9.80. The molecule has 1 aliphatic carbocycles. The molecule has 2 unspecified atom stereocenters. The van der Waals surface area contributed by atoms with E-state index in [0.717, 1.165) is 53.6 Å². The molecule has 0 spiro atoms. The molecule has 5 nitrogen and oxygen atoms in total. The second-order valence-corrected chi connectivity index (χ2v) is 7.74. The number of methoxy groups -OCH3 is 1. The van der Waals surface area contributed by atoms with Gasteiger partial charge >= 0.3 is 0 Å². The standard InChI is InChI=1S/C23H28N4O/c1-15-20-14-16(28-4)10-11-18(20)22-21(25-15)17-8-5-6-9-19(17)23(26-22)24-12-7-13-27(2)3/h5-6,8-11,14,17,19H,7,12-13H2,1-4H3,(H,24,26). The predicted octanol–water partition coefficient (Wildman–Crippen LogP) is 4.15. The number of anilines is 1. The quantitative estimate of drug-likeness (QED) is 0.797. The molecule has 1 aromatic heterocycles. The largest absolute Gasteiger partial charge is 0.497 e. The molecule has 0 amide bonds. The maximum atomic E-state index is 5.42. The second-order valence-electron chi connectivity index (χ2n) is 7.74. The fourth-order valence-corrected chi connectivity index (χ4v) is 4.05. The highest BCUT2D eigenvalue weighted by atomic mass is 16.5. The van der Waals surface area contributed by atoms with E-state index in [1.807, 2.05) is 6.07 Å². The van der Waals surface area contributed by atoms with Gasteiger partial charge < -0.3 is 15.0 Å². The zero-order chi connectivity index (χ0) is 19.7. The first-order chi connectivity index (χ1) is 13.6. The second kappa shape index (κ2) is 7.76. The number of hydrogen-bond donors (Lipinski definition) is 1. The molecule has 4 rings (SSSR count). The van der Waals surface area contributed by atoms with Crippen molar-refractivity contribution in [1.82, 2.24) is 9.88 Å². The van der Waals surface area contributed by atoms with Gasteiger partial charge in [0.25, 0.3) is 0 Å². The van der Waals surface area contributed by atoms with E-state index >= 15 is 0 Å². The normalized spacial score (nSPS) is 21.7. The number of aryl methyl sites for hydroxylation is 1. The molecule has 0 bridgehead atoms. The SMILES string of the molecule is COc1ccc2c3c(nc(C)c2c1)C1C=CC=CC1C(=NCCCN(C)C)N3. The lowest BCUT2D eigenvalue weighted by Gasteiger charge is -2.34. The molecule has 146 valence electrons. The highest BCUT2D eigenvalue weighted by Crippen LogP contribution is 2.43. The zero-order valence-electron chi connectivity index (χ0n) is 17.1. The number of nitrogens with one attached hydrogen (secondary N) is 1. The minimum Gasteiger partial charge on any atom is -0.497 e. The Morgan fingerprint density at radius 1 is 1.14 bits per heavy atom. The van der Waals surface area contributed by atoms with Gasteiger partial charge in [-0.2, -0.15) is 0 Å². The first-order valence-corrected chi connectivity index (χ1v) is 9.88. The fourth-order valence-electron chi connectivity index (χ4n) is 4.05. The molecule has 1 N–H and O–H groups in total. The first-order valence-electron chi connectivity index (χ1n) is 9.88. The molecule has 0 saturated heterocycles. The number of nitrogens with zero attached hydrogens (tertiary/aromatic N) is 3. The van der Waals surface area contributed by atoms with Crippen LogP contribution in [0.3, 0.4) is 0 Å². The minimum atomic E-state index is 0.221. The van der Waals surface area contributed by atoms with Crippen molar-refractivity contribution in [3.05, 3.63) is 53.9 Å². The fraction of sp³-hybridized carbons (Fsp3) is 0.391. The van der Waals surface area contributed by atoms with Gasteiger partial charge in [-0.15, -0.1) is 0 Å². The predicted molar refractivity (Wildman–Crippen MR) is 117 cm³/mol. The van der Waals surface area contributed by atoms with Gasteiger partial charge in [-0.1, -0.05) is 24.3 Å². The van der Waals surface area contributed by atoms with Crippen LogP contribution in [0.15, 0.2) is 47.5 Å². The van der Waals surface area contributed by atoms with Crippen LogP contribution in [0.4, 0.5) is 5.69 Å². The molecule has 2 aromatic rings. The number of ether oxygens (including phenoxy) is 1. The Labute approximate surface area is 166 Å².